The van der Waals surface area contributed by atoms with Crippen molar-refractivity contribution >= 4 is 28.9 Å². The van der Waals surface area contributed by atoms with Crippen molar-refractivity contribution in [2.45, 2.75) is 0 Å². The molecule has 0 saturated carbocycles. The standard InChI is InChI=1S/C9H4ClNO3.Na/c10-5-7(12)4-2-1-3-11-6(4)9(14)8(5)13;/h1-3,12H;/q;+1. The van der Waals surface area contributed by atoms with Gasteiger partial charge in [0.15, 0.2) is 0 Å². The van der Waals surface area contributed by atoms with Gasteiger partial charge in [0.25, 0.3) is 5.78 Å². The van der Waals surface area contributed by atoms with Crippen molar-refractivity contribution in [2.75, 3.05) is 0 Å². The van der Waals surface area contributed by atoms with Gasteiger partial charge in [-0.3, -0.25) is 14.6 Å². The Hall–Kier alpha value is -0.680. The molecule has 0 amide bonds. The van der Waals surface area contributed by atoms with Gasteiger partial charge in [-0.15, -0.1) is 0 Å². The van der Waals surface area contributed by atoms with E-state index in [4.69, 9.17) is 11.6 Å². The van der Waals surface area contributed by atoms with Crippen molar-refractivity contribution in [3.05, 3.63) is 34.6 Å². The number of aliphatic hydroxyl groups is 1. The molecule has 0 aliphatic heterocycles. The maximum Gasteiger partial charge on any atom is 1.00 e. The van der Waals surface area contributed by atoms with Gasteiger partial charge < -0.3 is 5.11 Å². The second kappa shape index (κ2) is 4.45. The molecule has 6 heteroatoms. The number of allylic oxidation sites excluding steroid dienone is 1. The molecule has 1 aromatic heterocycles. The van der Waals surface area contributed by atoms with Crippen LogP contribution in [0.3, 0.4) is 0 Å². The number of aliphatic hydroxyl groups excluding tert-OH is 1. The van der Waals surface area contributed by atoms with Crippen LogP contribution in [0.2, 0.25) is 0 Å². The molecule has 15 heavy (non-hydrogen) atoms. The van der Waals surface area contributed by atoms with Gasteiger partial charge in [0, 0.05) is 11.8 Å². The van der Waals surface area contributed by atoms with E-state index in [0.29, 0.717) is 0 Å². The molecule has 0 atom stereocenters. The van der Waals surface area contributed by atoms with Crippen LogP contribution in [0.15, 0.2) is 23.4 Å². The Morgan fingerprint density at radius 2 is 1.93 bits per heavy atom. The maximum atomic E-state index is 11.3. The third-order valence-electron chi connectivity index (χ3n) is 1.89. The average Bonchev–Trinajstić information content (AvgIpc) is 2.23. The third-order valence-corrected chi connectivity index (χ3v) is 2.24. The van der Waals surface area contributed by atoms with E-state index in [9.17, 15) is 14.7 Å². The molecule has 1 N–H and O–H groups in total. The number of nitrogens with zero attached hydrogens (tertiary/aromatic N) is 1. The zero-order chi connectivity index (χ0) is 10.3. The van der Waals surface area contributed by atoms with Crippen LogP contribution in [0, 0.1) is 0 Å². The molecule has 0 spiro atoms. The molecular formula is C9H4ClNNaO3+. The SMILES string of the molecule is O=C1C(=O)c2ncccc2C(O)=C1Cl.[Na+]. The Labute approximate surface area is 112 Å². The molecule has 1 aromatic rings. The summed E-state index contributed by atoms with van der Waals surface area (Å²) in [6, 6.07) is 3.02. The first kappa shape index (κ1) is 12.4. The molecule has 0 unspecified atom stereocenters. The van der Waals surface area contributed by atoms with Crippen molar-refractivity contribution in [3.8, 4) is 0 Å². The molecule has 0 saturated heterocycles. The molecule has 0 fully saturated rings. The second-order valence-electron chi connectivity index (χ2n) is 2.72. The van der Waals surface area contributed by atoms with E-state index in [2.05, 4.69) is 4.98 Å². The van der Waals surface area contributed by atoms with E-state index >= 15 is 0 Å². The van der Waals surface area contributed by atoms with E-state index in [-0.39, 0.29) is 46.6 Å². The summed E-state index contributed by atoms with van der Waals surface area (Å²) in [5.41, 5.74) is 0.140. The van der Waals surface area contributed by atoms with Gasteiger partial charge in [-0.1, -0.05) is 11.6 Å². The number of carbonyl (C=O) groups is 2. The predicted octanol–water partition coefficient (Wildman–Crippen LogP) is -1.68. The minimum absolute atomic E-state index is 0. The van der Waals surface area contributed by atoms with Crippen molar-refractivity contribution in [1.29, 1.82) is 0 Å². The summed E-state index contributed by atoms with van der Waals surface area (Å²) < 4.78 is 0. The third kappa shape index (κ3) is 1.86. The number of aromatic nitrogens is 1. The molecule has 1 aliphatic rings. The molecule has 4 nitrogen and oxygen atoms in total. The summed E-state index contributed by atoms with van der Waals surface area (Å²) >= 11 is 5.47. The molecule has 0 bridgehead atoms. The Morgan fingerprint density at radius 1 is 1.27 bits per heavy atom. The number of rotatable bonds is 0. The molecular weight excluding hydrogens is 229 g/mol. The van der Waals surface area contributed by atoms with Crippen LogP contribution >= 0.6 is 11.6 Å². The first-order valence-electron chi connectivity index (χ1n) is 3.76. The van der Waals surface area contributed by atoms with E-state index < -0.39 is 16.6 Å². The topological polar surface area (TPSA) is 67.3 Å². The Morgan fingerprint density at radius 3 is 2.60 bits per heavy atom. The largest absolute Gasteiger partial charge is 1.00 e. The fraction of sp³-hybridized carbons (Fsp3) is 0. The number of carbonyl (C=O) groups excluding carboxylic acids is 2. The Balaban J connectivity index is 0.00000112. The van der Waals surface area contributed by atoms with Gasteiger partial charge in [0.2, 0.25) is 5.78 Å². The van der Waals surface area contributed by atoms with Crippen molar-refractivity contribution in [1.82, 2.24) is 4.98 Å². The van der Waals surface area contributed by atoms with Crippen LogP contribution in [0.5, 0.6) is 0 Å². The van der Waals surface area contributed by atoms with Crippen LogP contribution in [0.1, 0.15) is 16.1 Å². The smallest absolute Gasteiger partial charge is 0.506 e. The van der Waals surface area contributed by atoms with Crippen LogP contribution in [-0.4, -0.2) is 21.7 Å². The van der Waals surface area contributed by atoms with Crippen molar-refractivity contribution in [3.63, 3.8) is 0 Å². The van der Waals surface area contributed by atoms with Crippen LogP contribution in [-0.2, 0) is 4.79 Å². The fourth-order valence-corrected chi connectivity index (χ4v) is 1.40. The first-order valence-corrected chi connectivity index (χ1v) is 4.14. The summed E-state index contributed by atoms with van der Waals surface area (Å²) in [6.45, 7) is 0. The number of ketones is 2. The molecule has 0 aromatic carbocycles. The predicted molar refractivity (Wildman–Crippen MR) is 49.0 cm³/mol. The summed E-state index contributed by atoms with van der Waals surface area (Å²) in [7, 11) is 0. The summed E-state index contributed by atoms with van der Waals surface area (Å²) in [4.78, 5) is 26.2. The molecule has 2 rings (SSSR count). The maximum absolute atomic E-state index is 11.3. The number of hydrogen-bond donors (Lipinski definition) is 1. The minimum atomic E-state index is -0.921. The van der Waals surface area contributed by atoms with Gasteiger partial charge in [-0.25, -0.2) is 0 Å². The zero-order valence-corrected chi connectivity index (χ0v) is 10.6. The van der Waals surface area contributed by atoms with E-state index in [1.165, 1.54) is 12.3 Å². The number of fused-ring (bicyclic) bond motifs is 1. The summed E-state index contributed by atoms with van der Waals surface area (Å²) in [6.07, 6.45) is 1.37. The van der Waals surface area contributed by atoms with Crippen LogP contribution in [0.25, 0.3) is 5.76 Å². The number of pyridine rings is 1. The van der Waals surface area contributed by atoms with Gasteiger partial charge in [0.05, 0.1) is 0 Å². The van der Waals surface area contributed by atoms with Gasteiger partial charge in [-0.2, -0.15) is 0 Å². The quantitative estimate of drug-likeness (QED) is 0.428. The monoisotopic (exact) mass is 232 g/mol. The second-order valence-corrected chi connectivity index (χ2v) is 3.10. The first-order chi connectivity index (χ1) is 6.63. The fourth-order valence-electron chi connectivity index (χ4n) is 1.21. The van der Waals surface area contributed by atoms with Gasteiger partial charge >= 0.3 is 29.6 Å². The molecule has 1 aliphatic carbocycles. The average molecular weight is 233 g/mol. The Bertz CT molecular complexity index is 484. The summed E-state index contributed by atoms with van der Waals surface area (Å²) in [5, 5.41) is 9.00. The van der Waals surface area contributed by atoms with Crippen molar-refractivity contribution < 1.29 is 44.3 Å². The van der Waals surface area contributed by atoms with Crippen LogP contribution in [0.4, 0.5) is 0 Å². The number of hydrogen-bond acceptors (Lipinski definition) is 4. The van der Waals surface area contributed by atoms with Crippen molar-refractivity contribution in [2.24, 2.45) is 0 Å². The van der Waals surface area contributed by atoms with E-state index in [1.54, 1.807) is 6.07 Å². The molecule has 1 heterocycles. The van der Waals surface area contributed by atoms with Gasteiger partial charge in [0.1, 0.15) is 16.5 Å². The molecule has 70 valence electrons. The number of Topliss-reactive ketones (excluding diaryl/α,β-unsaturated/α-hetero) is 2. The van der Waals surface area contributed by atoms with E-state index in [0.717, 1.165) is 0 Å². The molecule has 0 radical (unpaired) electrons. The normalized spacial score (nSPS) is 14.7. The zero-order valence-electron chi connectivity index (χ0n) is 7.82. The van der Waals surface area contributed by atoms with E-state index in [1.807, 2.05) is 0 Å². The Kier molecular flexibility index (Phi) is 3.67. The van der Waals surface area contributed by atoms with Crippen LogP contribution < -0.4 is 29.6 Å². The van der Waals surface area contributed by atoms with Gasteiger partial charge in [-0.05, 0) is 12.1 Å². The number of halogens is 1. The minimum Gasteiger partial charge on any atom is -0.506 e. The summed E-state index contributed by atoms with van der Waals surface area (Å²) in [5.74, 6) is -2.10.